The van der Waals surface area contributed by atoms with Crippen molar-refractivity contribution < 1.29 is 4.74 Å². The Morgan fingerprint density at radius 3 is 1.70 bits per heavy atom. The third-order valence-electron chi connectivity index (χ3n) is 13.8. The van der Waals surface area contributed by atoms with Gasteiger partial charge in [0.2, 0.25) is 0 Å². The van der Waals surface area contributed by atoms with Crippen molar-refractivity contribution in [1.82, 2.24) is 9.55 Å². The molecule has 5 heteroatoms. The highest BCUT2D eigenvalue weighted by Crippen LogP contribution is 2.48. The average Bonchev–Trinajstić information content (AvgIpc) is 3.81. The van der Waals surface area contributed by atoms with Crippen LogP contribution in [0, 0.1) is 0 Å². The summed E-state index contributed by atoms with van der Waals surface area (Å²) in [5.74, 6) is 2.45. The molecule has 5 nitrogen and oxygen atoms in total. The number of benzene rings is 6. The Balaban J connectivity index is 1.13. The molecule has 0 bridgehead atoms. The normalized spacial score (nSPS) is 13.8. The van der Waals surface area contributed by atoms with Gasteiger partial charge in [0.05, 0.1) is 22.4 Å². The van der Waals surface area contributed by atoms with Crippen molar-refractivity contribution in [2.24, 2.45) is 0 Å². The maximum atomic E-state index is 6.88. The predicted octanol–water partition coefficient (Wildman–Crippen LogP) is 16.7. The van der Waals surface area contributed by atoms with E-state index in [2.05, 4.69) is 251 Å². The first-order valence-electron chi connectivity index (χ1n) is 23.7. The molecule has 0 saturated carbocycles. The van der Waals surface area contributed by atoms with E-state index in [4.69, 9.17) is 9.72 Å². The second kappa shape index (κ2) is 15.9. The molecule has 9 rings (SSSR count). The van der Waals surface area contributed by atoms with Crippen molar-refractivity contribution in [3.63, 3.8) is 0 Å². The van der Waals surface area contributed by atoms with Crippen LogP contribution in [-0.4, -0.2) is 16.2 Å². The average molecular weight is 873 g/mol. The van der Waals surface area contributed by atoms with Gasteiger partial charge >= 0.3 is 0 Å². The molecule has 1 aliphatic rings. The molecule has 2 aromatic heterocycles. The van der Waals surface area contributed by atoms with Gasteiger partial charge in [0.1, 0.15) is 24.0 Å². The van der Waals surface area contributed by atoms with E-state index in [0.29, 0.717) is 6.67 Å². The molecule has 0 N–H and O–H groups in total. The number of hydrogen-bond donors (Lipinski definition) is 0. The number of fused-ring (bicyclic) bond motifs is 4. The molecule has 6 aromatic carbocycles. The van der Waals surface area contributed by atoms with Gasteiger partial charge in [0.15, 0.2) is 0 Å². The van der Waals surface area contributed by atoms with E-state index in [1.165, 1.54) is 55.8 Å². The lowest BCUT2D eigenvalue weighted by Crippen LogP contribution is -2.25. The monoisotopic (exact) mass is 873 g/mol. The van der Waals surface area contributed by atoms with Crippen LogP contribution in [0.5, 0.6) is 11.5 Å². The van der Waals surface area contributed by atoms with E-state index in [1.54, 1.807) is 0 Å². The molecule has 8 aromatic rings. The molecule has 0 aliphatic carbocycles. The lowest BCUT2D eigenvalue weighted by atomic mass is 9.78. The first kappa shape index (κ1) is 44.9. The molecule has 0 atom stereocenters. The standard InChI is InChI=1S/C61H68N4O/c1-57(2,3)41-23-28-53-55(35-41)64(47-32-44(59(7,8)9)31-45(33-47)60(10,11)12)39-63(53)46-21-18-22-48(37-46)66-49-25-26-50-51-34-43(61(13,14)40-19-16-15-17-20-40)24-27-52(51)65(54(50)38-49)56-36-42(29-30-62-56)58(4,5)6/h15-38H,39H2,1-14H3. The van der Waals surface area contributed by atoms with Gasteiger partial charge in [0.25, 0.3) is 0 Å². The smallest absolute Gasteiger partial charge is 0.137 e. The molecule has 338 valence electrons. The maximum Gasteiger partial charge on any atom is 0.137 e. The SMILES string of the molecule is CC(C)(C)c1cc(N2CN(c3cccc(Oc4ccc5c6cc(C(C)(C)c7ccccc7)ccc6n(-c6cc(C(C)(C)C)ccn6)c5c4)c3)c3ccc(C(C)(C)C)cc32)cc(C(C)(C)C)c1. The Morgan fingerprint density at radius 2 is 1.03 bits per heavy atom. The van der Waals surface area contributed by atoms with Crippen LogP contribution in [0.25, 0.3) is 27.6 Å². The lowest BCUT2D eigenvalue weighted by Gasteiger charge is -2.29. The van der Waals surface area contributed by atoms with Gasteiger partial charge in [0, 0.05) is 45.9 Å². The summed E-state index contributed by atoms with van der Waals surface area (Å²) in [4.78, 5) is 9.93. The summed E-state index contributed by atoms with van der Waals surface area (Å²) in [7, 11) is 0. The van der Waals surface area contributed by atoms with Gasteiger partial charge in [-0.2, -0.15) is 0 Å². The van der Waals surface area contributed by atoms with Gasteiger partial charge in [-0.15, -0.1) is 0 Å². The number of ether oxygens (including phenoxy) is 1. The topological polar surface area (TPSA) is 33.5 Å². The summed E-state index contributed by atoms with van der Waals surface area (Å²) >= 11 is 0. The number of hydrogen-bond acceptors (Lipinski definition) is 4. The Morgan fingerprint density at radius 1 is 0.409 bits per heavy atom. The zero-order valence-electron chi connectivity index (χ0n) is 41.8. The van der Waals surface area contributed by atoms with E-state index in [9.17, 15) is 0 Å². The molecule has 0 spiro atoms. The quantitative estimate of drug-likeness (QED) is 0.160. The minimum Gasteiger partial charge on any atom is -0.457 e. The van der Waals surface area contributed by atoms with E-state index < -0.39 is 0 Å². The number of aromatic nitrogens is 2. The summed E-state index contributed by atoms with van der Waals surface area (Å²) in [5, 5.41) is 2.35. The minimum atomic E-state index is -0.185. The van der Waals surface area contributed by atoms with E-state index in [0.717, 1.165) is 39.4 Å². The van der Waals surface area contributed by atoms with Crippen LogP contribution in [0.3, 0.4) is 0 Å². The Hall–Kier alpha value is -6.33. The third kappa shape index (κ3) is 8.38. The Labute approximate surface area is 394 Å². The number of anilines is 4. The van der Waals surface area contributed by atoms with Gasteiger partial charge < -0.3 is 14.5 Å². The zero-order chi connectivity index (χ0) is 47.1. The largest absolute Gasteiger partial charge is 0.457 e. The van der Waals surface area contributed by atoms with Crippen LogP contribution in [-0.2, 0) is 27.1 Å². The summed E-state index contributed by atoms with van der Waals surface area (Å²) in [5.41, 5.74) is 14.5. The molecular weight excluding hydrogens is 805 g/mol. The van der Waals surface area contributed by atoms with Crippen LogP contribution in [0.15, 0.2) is 146 Å². The van der Waals surface area contributed by atoms with Crippen molar-refractivity contribution in [3.8, 4) is 17.3 Å². The highest BCUT2D eigenvalue weighted by molar-refractivity contribution is 6.10. The van der Waals surface area contributed by atoms with Crippen molar-refractivity contribution in [2.45, 2.75) is 124 Å². The second-order valence-corrected chi connectivity index (χ2v) is 23.2. The van der Waals surface area contributed by atoms with Crippen LogP contribution in [0.2, 0.25) is 0 Å². The van der Waals surface area contributed by atoms with Gasteiger partial charge in [-0.25, -0.2) is 4.98 Å². The third-order valence-corrected chi connectivity index (χ3v) is 13.8. The Bertz CT molecular complexity index is 3080. The van der Waals surface area contributed by atoms with Gasteiger partial charge in [-0.1, -0.05) is 152 Å². The van der Waals surface area contributed by atoms with Crippen LogP contribution in [0.4, 0.5) is 22.7 Å². The fourth-order valence-corrected chi connectivity index (χ4v) is 9.38. The molecule has 66 heavy (non-hydrogen) atoms. The number of nitrogens with zero attached hydrogens (tertiary/aromatic N) is 4. The molecule has 3 heterocycles. The number of rotatable bonds is 7. The molecule has 0 amide bonds. The fourth-order valence-electron chi connectivity index (χ4n) is 9.38. The van der Waals surface area contributed by atoms with E-state index in [-0.39, 0.29) is 27.1 Å². The summed E-state index contributed by atoms with van der Waals surface area (Å²) in [6.45, 7) is 32.8. The molecule has 0 unspecified atom stereocenters. The van der Waals surface area contributed by atoms with Gasteiger partial charge in [-0.3, -0.25) is 4.57 Å². The number of pyridine rings is 1. The van der Waals surface area contributed by atoms with E-state index in [1.807, 2.05) is 6.20 Å². The second-order valence-electron chi connectivity index (χ2n) is 23.2. The molecule has 0 radical (unpaired) electrons. The molecular formula is C61H68N4O. The Kier molecular flexibility index (Phi) is 10.8. The minimum absolute atomic E-state index is 0.00373. The molecule has 0 saturated heterocycles. The lowest BCUT2D eigenvalue weighted by molar-refractivity contribution is 0.483. The molecule has 1 aliphatic heterocycles. The fraction of sp³-hybridized carbons (Fsp3) is 0.328. The van der Waals surface area contributed by atoms with Crippen molar-refractivity contribution in [2.75, 3.05) is 16.5 Å². The van der Waals surface area contributed by atoms with Crippen LogP contribution < -0.4 is 14.5 Å². The van der Waals surface area contributed by atoms with Crippen LogP contribution in [0.1, 0.15) is 130 Å². The van der Waals surface area contributed by atoms with Crippen molar-refractivity contribution in [1.29, 1.82) is 0 Å². The summed E-state index contributed by atoms with van der Waals surface area (Å²) in [6, 6.07) is 51.4. The van der Waals surface area contributed by atoms with Crippen molar-refractivity contribution in [3.05, 3.63) is 179 Å². The van der Waals surface area contributed by atoms with Gasteiger partial charge in [-0.05, 0) is 128 Å². The summed E-state index contributed by atoms with van der Waals surface area (Å²) in [6.07, 6.45) is 1.94. The van der Waals surface area contributed by atoms with E-state index >= 15 is 0 Å². The predicted molar refractivity (Wildman–Crippen MR) is 280 cm³/mol. The zero-order valence-corrected chi connectivity index (χ0v) is 41.8. The first-order valence-corrected chi connectivity index (χ1v) is 23.7. The summed E-state index contributed by atoms with van der Waals surface area (Å²) < 4.78 is 9.19. The maximum absolute atomic E-state index is 6.88. The van der Waals surface area contributed by atoms with Crippen molar-refractivity contribution >= 4 is 44.6 Å². The molecule has 0 fully saturated rings. The highest BCUT2D eigenvalue weighted by atomic mass is 16.5. The van der Waals surface area contributed by atoms with Crippen LogP contribution >= 0.6 is 0 Å². The first-order chi connectivity index (χ1) is 31.0. The highest BCUT2D eigenvalue weighted by Gasteiger charge is 2.32.